The molecule has 0 atom stereocenters. The summed E-state index contributed by atoms with van der Waals surface area (Å²) in [6.07, 6.45) is 0. The standard InChI is InChI=1S/C19H17NO/c1-12-5-4-6-13(2)18(12)19(21)16-9-10-17-15(11-16)8-7-14(3)20-17/h4-11H,1-3H3. The van der Waals surface area contributed by atoms with Crippen LogP contribution in [0, 0.1) is 20.8 Å². The monoisotopic (exact) mass is 275 g/mol. The Morgan fingerprint density at radius 1 is 0.905 bits per heavy atom. The van der Waals surface area contributed by atoms with E-state index in [-0.39, 0.29) is 5.78 Å². The van der Waals surface area contributed by atoms with Gasteiger partial charge in [0.15, 0.2) is 5.78 Å². The molecule has 0 radical (unpaired) electrons. The molecule has 1 aromatic heterocycles. The third-order valence-corrected chi connectivity index (χ3v) is 3.80. The fourth-order valence-electron chi connectivity index (χ4n) is 2.69. The number of hydrogen-bond acceptors (Lipinski definition) is 2. The number of aryl methyl sites for hydroxylation is 3. The van der Waals surface area contributed by atoms with E-state index in [0.717, 1.165) is 33.3 Å². The highest BCUT2D eigenvalue weighted by Gasteiger charge is 2.14. The average Bonchev–Trinajstić information content (AvgIpc) is 2.46. The molecule has 0 saturated carbocycles. The summed E-state index contributed by atoms with van der Waals surface area (Å²) in [6, 6.07) is 15.6. The van der Waals surface area contributed by atoms with Crippen molar-refractivity contribution in [2.24, 2.45) is 0 Å². The maximum atomic E-state index is 12.8. The molecule has 0 aliphatic carbocycles. The van der Waals surface area contributed by atoms with E-state index in [9.17, 15) is 4.79 Å². The number of nitrogens with zero attached hydrogens (tertiary/aromatic N) is 1. The molecular formula is C19H17NO. The molecule has 0 unspecified atom stereocenters. The molecule has 0 aliphatic rings. The van der Waals surface area contributed by atoms with Crippen molar-refractivity contribution >= 4 is 16.7 Å². The predicted molar refractivity (Wildman–Crippen MR) is 85.8 cm³/mol. The van der Waals surface area contributed by atoms with Gasteiger partial charge in [0.05, 0.1) is 5.52 Å². The van der Waals surface area contributed by atoms with E-state index >= 15 is 0 Å². The molecule has 0 fully saturated rings. The lowest BCUT2D eigenvalue weighted by molar-refractivity contribution is 0.103. The van der Waals surface area contributed by atoms with E-state index in [1.807, 2.05) is 69.3 Å². The van der Waals surface area contributed by atoms with Crippen molar-refractivity contribution in [2.45, 2.75) is 20.8 Å². The van der Waals surface area contributed by atoms with Gasteiger partial charge in [0.1, 0.15) is 0 Å². The molecule has 0 amide bonds. The van der Waals surface area contributed by atoms with Crippen molar-refractivity contribution in [1.29, 1.82) is 0 Å². The first-order valence-electron chi connectivity index (χ1n) is 7.04. The summed E-state index contributed by atoms with van der Waals surface area (Å²) in [5, 5.41) is 0.998. The Kier molecular flexibility index (Phi) is 3.30. The molecule has 0 saturated heterocycles. The molecule has 0 bridgehead atoms. The quantitative estimate of drug-likeness (QED) is 0.649. The summed E-state index contributed by atoms with van der Waals surface area (Å²) in [5.41, 5.74) is 5.45. The van der Waals surface area contributed by atoms with Gasteiger partial charge in [-0.25, -0.2) is 0 Å². The predicted octanol–water partition coefficient (Wildman–Crippen LogP) is 4.39. The van der Waals surface area contributed by atoms with Gasteiger partial charge in [0.2, 0.25) is 0 Å². The van der Waals surface area contributed by atoms with Crippen LogP contribution in [0.1, 0.15) is 32.7 Å². The van der Waals surface area contributed by atoms with Crippen molar-refractivity contribution in [1.82, 2.24) is 4.98 Å². The second kappa shape index (κ2) is 5.13. The van der Waals surface area contributed by atoms with Gasteiger partial charge in [-0.05, 0) is 56.2 Å². The number of carbonyl (C=O) groups is 1. The zero-order chi connectivity index (χ0) is 15.0. The molecular weight excluding hydrogens is 258 g/mol. The van der Waals surface area contributed by atoms with Crippen LogP contribution < -0.4 is 0 Å². The number of hydrogen-bond donors (Lipinski definition) is 0. The highest BCUT2D eigenvalue weighted by atomic mass is 16.1. The fraction of sp³-hybridized carbons (Fsp3) is 0.158. The lowest BCUT2D eigenvalue weighted by Crippen LogP contribution is -2.06. The molecule has 1 heterocycles. The number of fused-ring (bicyclic) bond motifs is 1. The Hall–Kier alpha value is -2.48. The summed E-state index contributed by atoms with van der Waals surface area (Å²) in [5.74, 6) is 0.0769. The zero-order valence-corrected chi connectivity index (χ0v) is 12.5. The maximum absolute atomic E-state index is 12.8. The van der Waals surface area contributed by atoms with Gasteiger partial charge in [-0.2, -0.15) is 0 Å². The van der Waals surface area contributed by atoms with Crippen molar-refractivity contribution in [2.75, 3.05) is 0 Å². The molecule has 0 spiro atoms. The molecule has 0 aliphatic heterocycles. The van der Waals surface area contributed by atoms with E-state index in [2.05, 4.69) is 4.98 Å². The van der Waals surface area contributed by atoms with Gasteiger partial charge in [-0.15, -0.1) is 0 Å². The fourth-order valence-corrected chi connectivity index (χ4v) is 2.69. The van der Waals surface area contributed by atoms with Crippen LogP contribution in [-0.4, -0.2) is 10.8 Å². The maximum Gasteiger partial charge on any atom is 0.193 e. The van der Waals surface area contributed by atoms with Crippen molar-refractivity contribution in [3.05, 3.63) is 76.5 Å². The number of pyridine rings is 1. The number of rotatable bonds is 2. The highest BCUT2D eigenvalue weighted by molar-refractivity contribution is 6.12. The first-order valence-corrected chi connectivity index (χ1v) is 7.04. The van der Waals surface area contributed by atoms with Crippen molar-refractivity contribution < 1.29 is 4.79 Å². The SMILES string of the molecule is Cc1ccc2cc(C(=O)c3c(C)cccc3C)ccc2n1. The minimum absolute atomic E-state index is 0.0769. The third-order valence-electron chi connectivity index (χ3n) is 3.80. The Morgan fingerprint density at radius 2 is 1.62 bits per heavy atom. The van der Waals surface area contributed by atoms with Crippen LogP contribution >= 0.6 is 0 Å². The molecule has 104 valence electrons. The van der Waals surface area contributed by atoms with Gasteiger partial charge < -0.3 is 0 Å². The summed E-state index contributed by atoms with van der Waals surface area (Å²) in [6.45, 7) is 5.92. The first kappa shape index (κ1) is 13.5. The molecule has 2 nitrogen and oxygen atoms in total. The molecule has 3 rings (SSSR count). The highest BCUT2D eigenvalue weighted by Crippen LogP contribution is 2.21. The topological polar surface area (TPSA) is 30.0 Å². The number of carbonyl (C=O) groups excluding carboxylic acids is 1. The van der Waals surface area contributed by atoms with E-state index in [0.29, 0.717) is 5.56 Å². The zero-order valence-electron chi connectivity index (χ0n) is 12.5. The number of benzene rings is 2. The van der Waals surface area contributed by atoms with Crippen LogP contribution in [-0.2, 0) is 0 Å². The number of aromatic nitrogens is 1. The first-order chi connectivity index (χ1) is 10.1. The minimum atomic E-state index is 0.0769. The van der Waals surface area contributed by atoms with Gasteiger partial charge in [-0.1, -0.05) is 24.3 Å². The molecule has 21 heavy (non-hydrogen) atoms. The summed E-state index contributed by atoms with van der Waals surface area (Å²) in [7, 11) is 0. The smallest absolute Gasteiger partial charge is 0.193 e. The second-order valence-electron chi connectivity index (χ2n) is 5.46. The van der Waals surface area contributed by atoms with Crippen LogP contribution in [0.5, 0.6) is 0 Å². The summed E-state index contributed by atoms with van der Waals surface area (Å²) in [4.78, 5) is 17.3. The number of ketones is 1. The Labute approximate surface area is 124 Å². The van der Waals surface area contributed by atoms with Crippen LogP contribution in [0.2, 0.25) is 0 Å². The van der Waals surface area contributed by atoms with Gasteiger partial charge in [-0.3, -0.25) is 9.78 Å². The molecule has 0 N–H and O–H groups in total. The summed E-state index contributed by atoms with van der Waals surface area (Å²) >= 11 is 0. The van der Waals surface area contributed by atoms with E-state index in [4.69, 9.17) is 0 Å². The van der Waals surface area contributed by atoms with E-state index in [1.165, 1.54) is 0 Å². The normalized spacial score (nSPS) is 10.8. The van der Waals surface area contributed by atoms with Crippen molar-refractivity contribution in [3.63, 3.8) is 0 Å². The largest absolute Gasteiger partial charge is 0.289 e. The van der Waals surface area contributed by atoms with Crippen LogP contribution in [0.4, 0.5) is 0 Å². The van der Waals surface area contributed by atoms with Crippen molar-refractivity contribution in [3.8, 4) is 0 Å². The molecule has 2 aromatic carbocycles. The second-order valence-corrected chi connectivity index (χ2v) is 5.46. The lowest BCUT2D eigenvalue weighted by atomic mass is 9.94. The van der Waals surface area contributed by atoms with Crippen LogP contribution in [0.25, 0.3) is 10.9 Å². The lowest BCUT2D eigenvalue weighted by Gasteiger charge is -2.09. The Bertz CT molecular complexity index is 829. The van der Waals surface area contributed by atoms with E-state index < -0.39 is 0 Å². The van der Waals surface area contributed by atoms with Crippen LogP contribution in [0.15, 0.2) is 48.5 Å². The third kappa shape index (κ3) is 2.45. The Balaban J connectivity index is 2.12. The molecule has 3 aromatic rings. The average molecular weight is 275 g/mol. The van der Waals surface area contributed by atoms with Gasteiger partial charge >= 0.3 is 0 Å². The summed E-state index contributed by atoms with van der Waals surface area (Å²) < 4.78 is 0. The van der Waals surface area contributed by atoms with Gasteiger partial charge in [0, 0.05) is 22.2 Å². The van der Waals surface area contributed by atoms with E-state index in [1.54, 1.807) is 0 Å². The molecule has 2 heteroatoms. The van der Waals surface area contributed by atoms with Crippen LogP contribution in [0.3, 0.4) is 0 Å². The minimum Gasteiger partial charge on any atom is -0.289 e. The van der Waals surface area contributed by atoms with Gasteiger partial charge in [0.25, 0.3) is 0 Å². The Morgan fingerprint density at radius 3 is 2.33 bits per heavy atom.